The van der Waals surface area contributed by atoms with Crippen molar-refractivity contribution in [1.29, 1.82) is 0 Å². The van der Waals surface area contributed by atoms with Crippen LogP contribution >= 0.6 is 0 Å². The Kier molecular flexibility index (Phi) is 8.69. The number of hydrogen-bond acceptors (Lipinski definition) is 7. The maximum absolute atomic E-state index is 12.8. The van der Waals surface area contributed by atoms with Crippen LogP contribution in [0.4, 0.5) is 4.79 Å². The average Bonchev–Trinajstić information content (AvgIpc) is 3.18. The van der Waals surface area contributed by atoms with E-state index in [0.29, 0.717) is 6.42 Å². The van der Waals surface area contributed by atoms with Gasteiger partial charge in [-0.05, 0) is 58.2 Å². The molecule has 9 nitrogen and oxygen atoms in total. The van der Waals surface area contributed by atoms with Crippen LogP contribution in [0.15, 0.2) is 23.1 Å². The Bertz CT molecular complexity index is 872. The van der Waals surface area contributed by atoms with Gasteiger partial charge in [0, 0.05) is 12.6 Å². The first kappa shape index (κ1) is 24.9. The number of carbonyl (C=O) groups excluding carboxylic acids is 2. The molecule has 0 radical (unpaired) electrons. The SMILES string of the molecule is COc1ccc(C(=O)OCCCNC(=O)OC(C)(C)C)cc1S(=O)(=O)NC1CCCC1. The number of rotatable bonds is 9. The molecule has 174 valence electrons. The molecule has 2 rings (SSSR count). The molecular weight excluding hydrogens is 424 g/mol. The molecule has 0 aliphatic heterocycles. The summed E-state index contributed by atoms with van der Waals surface area (Å²) in [5.74, 6) is -0.499. The normalized spacial score (nSPS) is 14.8. The molecule has 0 bridgehead atoms. The van der Waals surface area contributed by atoms with Crippen LogP contribution in [0.5, 0.6) is 5.75 Å². The third-order valence-corrected chi connectivity index (χ3v) is 6.13. The summed E-state index contributed by atoms with van der Waals surface area (Å²) in [7, 11) is -2.47. The monoisotopic (exact) mass is 456 g/mol. The highest BCUT2D eigenvalue weighted by molar-refractivity contribution is 7.89. The van der Waals surface area contributed by atoms with Gasteiger partial charge in [-0.25, -0.2) is 22.7 Å². The van der Waals surface area contributed by atoms with Crippen molar-refractivity contribution in [1.82, 2.24) is 10.0 Å². The van der Waals surface area contributed by atoms with E-state index in [4.69, 9.17) is 14.2 Å². The van der Waals surface area contributed by atoms with Crippen molar-refractivity contribution >= 4 is 22.1 Å². The fourth-order valence-corrected chi connectivity index (χ4v) is 4.67. The minimum absolute atomic E-state index is 0.0586. The minimum Gasteiger partial charge on any atom is -0.495 e. The molecule has 0 saturated heterocycles. The number of sulfonamides is 1. The van der Waals surface area contributed by atoms with Crippen molar-refractivity contribution < 1.29 is 32.2 Å². The molecule has 31 heavy (non-hydrogen) atoms. The van der Waals surface area contributed by atoms with Crippen molar-refractivity contribution in [2.75, 3.05) is 20.3 Å². The molecule has 1 aliphatic rings. The van der Waals surface area contributed by atoms with E-state index in [2.05, 4.69) is 10.0 Å². The van der Waals surface area contributed by atoms with Gasteiger partial charge in [0.25, 0.3) is 0 Å². The highest BCUT2D eigenvalue weighted by Gasteiger charge is 2.27. The van der Waals surface area contributed by atoms with Gasteiger partial charge < -0.3 is 19.5 Å². The summed E-state index contributed by atoms with van der Waals surface area (Å²) in [5.41, 5.74) is -0.483. The van der Waals surface area contributed by atoms with Crippen LogP contribution in [0.25, 0.3) is 0 Å². The van der Waals surface area contributed by atoms with Crippen LogP contribution in [0.2, 0.25) is 0 Å². The summed E-state index contributed by atoms with van der Waals surface area (Å²) in [4.78, 5) is 23.8. The summed E-state index contributed by atoms with van der Waals surface area (Å²) in [6.45, 7) is 5.63. The fourth-order valence-electron chi connectivity index (χ4n) is 3.17. The molecule has 0 aromatic heterocycles. The van der Waals surface area contributed by atoms with Crippen LogP contribution in [0.3, 0.4) is 0 Å². The lowest BCUT2D eigenvalue weighted by atomic mass is 10.2. The number of hydrogen-bond donors (Lipinski definition) is 2. The number of methoxy groups -OCH3 is 1. The summed E-state index contributed by atoms with van der Waals surface area (Å²) < 4.78 is 43.8. The first-order valence-electron chi connectivity index (χ1n) is 10.4. The van der Waals surface area contributed by atoms with E-state index in [0.717, 1.165) is 25.7 Å². The summed E-state index contributed by atoms with van der Waals surface area (Å²) in [5, 5.41) is 2.57. The largest absolute Gasteiger partial charge is 0.495 e. The summed E-state index contributed by atoms with van der Waals surface area (Å²) >= 11 is 0. The minimum atomic E-state index is -3.84. The highest BCUT2D eigenvalue weighted by Crippen LogP contribution is 2.27. The van der Waals surface area contributed by atoms with E-state index < -0.39 is 27.7 Å². The third-order valence-electron chi connectivity index (χ3n) is 4.59. The second-order valence-corrected chi connectivity index (χ2v) is 10.1. The second-order valence-electron chi connectivity index (χ2n) is 8.39. The van der Waals surface area contributed by atoms with Gasteiger partial charge in [0.2, 0.25) is 10.0 Å². The molecule has 2 N–H and O–H groups in total. The Morgan fingerprint density at radius 2 is 1.84 bits per heavy atom. The van der Waals surface area contributed by atoms with E-state index >= 15 is 0 Å². The van der Waals surface area contributed by atoms with Crippen LogP contribution in [-0.2, 0) is 19.5 Å². The van der Waals surface area contributed by atoms with Crippen molar-refractivity contribution in [2.24, 2.45) is 0 Å². The van der Waals surface area contributed by atoms with Crippen molar-refractivity contribution in [3.8, 4) is 5.75 Å². The van der Waals surface area contributed by atoms with Gasteiger partial charge in [0.1, 0.15) is 16.2 Å². The number of ether oxygens (including phenoxy) is 3. The third kappa shape index (κ3) is 8.02. The summed E-state index contributed by atoms with van der Waals surface area (Å²) in [6.07, 6.45) is 3.40. The predicted molar refractivity (Wildman–Crippen MR) is 115 cm³/mol. The van der Waals surface area contributed by atoms with Gasteiger partial charge in [0.15, 0.2) is 0 Å². The Morgan fingerprint density at radius 1 is 1.16 bits per heavy atom. The van der Waals surface area contributed by atoms with Crippen molar-refractivity contribution in [3.05, 3.63) is 23.8 Å². The standard InChI is InChI=1S/C21H32N2O7S/c1-21(2,3)30-20(25)22-12-7-13-29-19(24)15-10-11-17(28-4)18(14-15)31(26,27)23-16-8-5-6-9-16/h10-11,14,16,23H,5-9,12-13H2,1-4H3,(H,22,25). The molecule has 1 saturated carbocycles. The first-order valence-corrected chi connectivity index (χ1v) is 11.8. The maximum Gasteiger partial charge on any atom is 0.407 e. The molecule has 0 atom stereocenters. The number of carbonyl (C=O) groups is 2. The van der Waals surface area contributed by atoms with E-state index in [1.165, 1.54) is 25.3 Å². The molecule has 1 aliphatic carbocycles. The van der Waals surface area contributed by atoms with E-state index in [9.17, 15) is 18.0 Å². The smallest absolute Gasteiger partial charge is 0.407 e. The van der Waals surface area contributed by atoms with E-state index in [-0.39, 0.29) is 35.4 Å². The van der Waals surface area contributed by atoms with E-state index in [1.54, 1.807) is 20.8 Å². The molecule has 0 spiro atoms. The molecule has 0 unspecified atom stereocenters. The van der Waals surface area contributed by atoms with Gasteiger partial charge in [-0.3, -0.25) is 0 Å². The molecule has 1 amide bonds. The van der Waals surface area contributed by atoms with Crippen LogP contribution in [0, 0.1) is 0 Å². The van der Waals surface area contributed by atoms with Crippen LogP contribution < -0.4 is 14.8 Å². The van der Waals surface area contributed by atoms with Gasteiger partial charge in [-0.1, -0.05) is 12.8 Å². The van der Waals surface area contributed by atoms with E-state index in [1.807, 2.05) is 0 Å². The van der Waals surface area contributed by atoms with Gasteiger partial charge in [-0.15, -0.1) is 0 Å². The Labute approximate surface area is 183 Å². The van der Waals surface area contributed by atoms with Gasteiger partial charge >= 0.3 is 12.1 Å². The molecule has 1 aromatic rings. The van der Waals surface area contributed by atoms with Crippen LogP contribution in [-0.4, -0.2) is 52.4 Å². The topological polar surface area (TPSA) is 120 Å². The number of nitrogens with one attached hydrogen (secondary N) is 2. The highest BCUT2D eigenvalue weighted by atomic mass is 32.2. The zero-order chi connectivity index (χ0) is 23.1. The lowest BCUT2D eigenvalue weighted by Crippen LogP contribution is -2.33. The van der Waals surface area contributed by atoms with Gasteiger partial charge in [0.05, 0.1) is 19.3 Å². The van der Waals surface area contributed by atoms with Crippen molar-refractivity contribution in [3.63, 3.8) is 0 Å². The predicted octanol–water partition coefficient (Wildman–Crippen LogP) is 2.99. The number of esters is 1. The average molecular weight is 457 g/mol. The number of amides is 1. The Balaban J connectivity index is 1.93. The molecular formula is C21H32N2O7S. The summed E-state index contributed by atoms with van der Waals surface area (Å²) in [6, 6.07) is 4.04. The molecule has 10 heteroatoms. The lowest BCUT2D eigenvalue weighted by molar-refractivity contribution is 0.0483. The molecule has 1 fully saturated rings. The molecule has 1 aromatic carbocycles. The second kappa shape index (κ2) is 10.8. The van der Waals surface area contributed by atoms with Gasteiger partial charge in [-0.2, -0.15) is 0 Å². The lowest BCUT2D eigenvalue weighted by Gasteiger charge is -2.19. The first-order chi connectivity index (χ1) is 14.5. The molecule has 0 heterocycles. The maximum atomic E-state index is 12.8. The van der Waals surface area contributed by atoms with Crippen LogP contribution in [0.1, 0.15) is 63.2 Å². The Hall–Kier alpha value is -2.33. The quantitative estimate of drug-likeness (QED) is 0.433. The zero-order valence-corrected chi connectivity index (χ0v) is 19.3. The zero-order valence-electron chi connectivity index (χ0n) is 18.5. The number of alkyl carbamates (subject to hydrolysis) is 1. The Morgan fingerprint density at radius 3 is 2.45 bits per heavy atom. The number of benzene rings is 1. The van der Waals surface area contributed by atoms with Crippen molar-refractivity contribution in [2.45, 2.75) is 69.4 Å². The fraction of sp³-hybridized carbons (Fsp3) is 0.619.